The summed E-state index contributed by atoms with van der Waals surface area (Å²) in [7, 11) is 1.99. The van der Waals surface area contributed by atoms with Crippen molar-refractivity contribution in [3.05, 3.63) is 24.4 Å². The van der Waals surface area contributed by atoms with Gasteiger partial charge in [-0.3, -0.25) is 5.01 Å². The van der Waals surface area contributed by atoms with Crippen LogP contribution in [0.3, 0.4) is 0 Å². The Bertz CT molecular complexity index is 246. The summed E-state index contributed by atoms with van der Waals surface area (Å²) in [6, 6.07) is 5.90. The van der Waals surface area contributed by atoms with Crippen LogP contribution in [0.5, 0.6) is 0 Å². The molecule has 1 aromatic heterocycles. The third-order valence-corrected chi connectivity index (χ3v) is 2.06. The quantitative estimate of drug-likeness (QED) is 0.726. The molecule has 0 spiro atoms. The van der Waals surface area contributed by atoms with E-state index >= 15 is 0 Å². The number of rotatable bonds is 5. The zero-order valence-corrected chi connectivity index (χ0v) is 9.20. The van der Waals surface area contributed by atoms with Crippen LogP contribution in [-0.2, 0) is 0 Å². The summed E-state index contributed by atoms with van der Waals surface area (Å²) in [5.74, 6) is 1.69. The summed E-state index contributed by atoms with van der Waals surface area (Å²) in [5, 5.41) is 1.96. The Hall–Kier alpha value is -1.09. The molecule has 14 heavy (non-hydrogen) atoms. The molecule has 3 heteroatoms. The first-order valence-electron chi connectivity index (χ1n) is 5.08. The molecule has 0 saturated heterocycles. The Balaban J connectivity index is 2.32. The van der Waals surface area contributed by atoms with Crippen molar-refractivity contribution in [3.63, 3.8) is 0 Å². The van der Waals surface area contributed by atoms with E-state index in [9.17, 15) is 0 Å². The lowest BCUT2D eigenvalue weighted by molar-refractivity contribution is 0.533. The van der Waals surface area contributed by atoms with Crippen molar-refractivity contribution in [3.8, 4) is 0 Å². The summed E-state index contributed by atoms with van der Waals surface area (Å²) in [6.07, 6.45) is 2.98. The van der Waals surface area contributed by atoms with Crippen LogP contribution in [0.2, 0.25) is 0 Å². The molecule has 0 saturated carbocycles. The van der Waals surface area contributed by atoms with Gasteiger partial charge in [0.2, 0.25) is 0 Å². The van der Waals surface area contributed by atoms with Gasteiger partial charge >= 0.3 is 0 Å². The molecule has 0 bridgehead atoms. The number of aromatic nitrogens is 1. The van der Waals surface area contributed by atoms with Crippen LogP contribution in [-0.4, -0.2) is 18.6 Å². The van der Waals surface area contributed by atoms with Crippen LogP contribution in [0.1, 0.15) is 20.3 Å². The number of nitrogens with zero attached hydrogens (tertiary/aromatic N) is 2. The summed E-state index contributed by atoms with van der Waals surface area (Å²) in [6.45, 7) is 5.44. The number of hydrogen-bond donors (Lipinski definition) is 1. The summed E-state index contributed by atoms with van der Waals surface area (Å²) in [4.78, 5) is 4.24. The number of hydrogen-bond acceptors (Lipinski definition) is 3. The lowest BCUT2D eigenvalue weighted by atomic mass is 10.1. The molecular weight excluding hydrogens is 174 g/mol. The molecular formula is C11H19N3. The molecule has 0 aliphatic carbocycles. The Kier molecular flexibility index (Phi) is 4.40. The SMILES string of the molecule is CC(C)CCNN(C)c1ccccn1. The molecule has 0 aromatic carbocycles. The van der Waals surface area contributed by atoms with E-state index in [4.69, 9.17) is 0 Å². The first kappa shape index (κ1) is 11.0. The van der Waals surface area contributed by atoms with Gasteiger partial charge in [0.25, 0.3) is 0 Å². The Morgan fingerprint density at radius 1 is 1.43 bits per heavy atom. The second kappa shape index (κ2) is 5.60. The lowest BCUT2D eigenvalue weighted by Gasteiger charge is -2.19. The average molecular weight is 193 g/mol. The van der Waals surface area contributed by atoms with Gasteiger partial charge in [0, 0.05) is 19.8 Å². The second-order valence-electron chi connectivity index (χ2n) is 3.84. The highest BCUT2D eigenvalue weighted by atomic mass is 15.5. The van der Waals surface area contributed by atoms with Gasteiger partial charge in [-0.1, -0.05) is 19.9 Å². The maximum atomic E-state index is 4.24. The monoisotopic (exact) mass is 193 g/mol. The lowest BCUT2D eigenvalue weighted by Crippen LogP contribution is -2.35. The summed E-state index contributed by atoms with van der Waals surface area (Å²) in [5.41, 5.74) is 3.30. The third-order valence-electron chi connectivity index (χ3n) is 2.06. The van der Waals surface area contributed by atoms with E-state index in [1.807, 2.05) is 30.3 Å². The highest BCUT2D eigenvalue weighted by Crippen LogP contribution is 2.04. The normalized spacial score (nSPS) is 10.6. The van der Waals surface area contributed by atoms with Gasteiger partial charge in [0.15, 0.2) is 0 Å². The minimum absolute atomic E-state index is 0.736. The molecule has 78 valence electrons. The molecule has 0 radical (unpaired) electrons. The van der Waals surface area contributed by atoms with Gasteiger partial charge in [-0.05, 0) is 24.5 Å². The van der Waals surface area contributed by atoms with Gasteiger partial charge in [-0.2, -0.15) is 0 Å². The molecule has 0 fully saturated rings. The first-order valence-corrected chi connectivity index (χ1v) is 5.08. The number of anilines is 1. The number of pyridine rings is 1. The minimum atomic E-state index is 0.736. The van der Waals surface area contributed by atoms with E-state index in [-0.39, 0.29) is 0 Å². The van der Waals surface area contributed by atoms with Crippen LogP contribution < -0.4 is 10.4 Å². The predicted octanol–water partition coefficient (Wildman–Crippen LogP) is 2.07. The zero-order valence-electron chi connectivity index (χ0n) is 9.20. The summed E-state index contributed by atoms with van der Waals surface area (Å²) >= 11 is 0. The molecule has 0 atom stereocenters. The Morgan fingerprint density at radius 2 is 2.21 bits per heavy atom. The Morgan fingerprint density at radius 3 is 2.79 bits per heavy atom. The molecule has 0 aliphatic rings. The Labute approximate surface area is 86.1 Å². The van der Waals surface area contributed by atoms with E-state index in [1.165, 1.54) is 6.42 Å². The molecule has 0 amide bonds. The maximum absolute atomic E-state index is 4.24. The predicted molar refractivity (Wildman–Crippen MR) is 60.1 cm³/mol. The van der Waals surface area contributed by atoms with Gasteiger partial charge < -0.3 is 0 Å². The highest BCUT2D eigenvalue weighted by Gasteiger charge is 2.00. The van der Waals surface area contributed by atoms with Gasteiger partial charge in [-0.15, -0.1) is 0 Å². The maximum Gasteiger partial charge on any atom is 0.142 e. The molecule has 0 aliphatic heterocycles. The average Bonchev–Trinajstić information content (AvgIpc) is 2.18. The van der Waals surface area contributed by atoms with E-state index in [0.29, 0.717) is 0 Å². The molecule has 1 heterocycles. The van der Waals surface area contributed by atoms with Gasteiger partial charge in [0.05, 0.1) is 0 Å². The molecule has 1 aromatic rings. The first-order chi connectivity index (χ1) is 6.70. The van der Waals surface area contributed by atoms with Crippen molar-refractivity contribution in [2.75, 3.05) is 18.6 Å². The van der Waals surface area contributed by atoms with Crippen LogP contribution in [0, 0.1) is 5.92 Å². The highest BCUT2D eigenvalue weighted by molar-refractivity contribution is 5.34. The fraction of sp³-hybridized carbons (Fsp3) is 0.545. The van der Waals surface area contributed by atoms with E-state index in [1.54, 1.807) is 6.20 Å². The van der Waals surface area contributed by atoms with Gasteiger partial charge in [0.1, 0.15) is 5.82 Å². The van der Waals surface area contributed by atoms with Crippen molar-refractivity contribution in [1.82, 2.24) is 10.4 Å². The minimum Gasteiger partial charge on any atom is -0.295 e. The topological polar surface area (TPSA) is 28.2 Å². The van der Waals surface area contributed by atoms with E-state index in [0.717, 1.165) is 18.3 Å². The molecule has 1 N–H and O–H groups in total. The summed E-state index contributed by atoms with van der Waals surface area (Å²) < 4.78 is 0. The third kappa shape index (κ3) is 3.75. The van der Waals surface area contributed by atoms with Crippen LogP contribution >= 0.6 is 0 Å². The van der Waals surface area contributed by atoms with Crippen molar-refractivity contribution in [2.45, 2.75) is 20.3 Å². The van der Waals surface area contributed by atoms with Crippen LogP contribution in [0.15, 0.2) is 24.4 Å². The van der Waals surface area contributed by atoms with Gasteiger partial charge in [-0.25, -0.2) is 10.4 Å². The van der Waals surface area contributed by atoms with Crippen molar-refractivity contribution in [2.24, 2.45) is 5.92 Å². The standard InChI is InChI=1S/C11H19N3/c1-10(2)7-9-13-14(3)11-6-4-5-8-12-11/h4-6,8,10,13H,7,9H2,1-3H3. The smallest absolute Gasteiger partial charge is 0.142 e. The van der Waals surface area contributed by atoms with Crippen LogP contribution in [0.25, 0.3) is 0 Å². The molecule has 1 rings (SSSR count). The van der Waals surface area contributed by atoms with E-state index in [2.05, 4.69) is 24.3 Å². The fourth-order valence-corrected chi connectivity index (χ4v) is 1.15. The second-order valence-corrected chi connectivity index (χ2v) is 3.84. The molecule has 3 nitrogen and oxygen atoms in total. The molecule has 0 unspecified atom stereocenters. The van der Waals surface area contributed by atoms with E-state index < -0.39 is 0 Å². The van der Waals surface area contributed by atoms with Crippen molar-refractivity contribution >= 4 is 5.82 Å². The zero-order chi connectivity index (χ0) is 10.4. The van der Waals surface area contributed by atoms with Crippen molar-refractivity contribution < 1.29 is 0 Å². The largest absolute Gasteiger partial charge is 0.295 e. The fourth-order valence-electron chi connectivity index (χ4n) is 1.15. The van der Waals surface area contributed by atoms with Crippen LogP contribution in [0.4, 0.5) is 5.82 Å². The van der Waals surface area contributed by atoms with Crippen molar-refractivity contribution in [1.29, 1.82) is 0 Å². The number of nitrogens with one attached hydrogen (secondary N) is 1. The number of hydrazine groups is 1.